The van der Waals surface area contributed by atoms with Crippen LogP contribution in [-0.2, 0) is 34.2 Å². The third-order valence-corrected chi connectivity index (χ3v) is 4.47. The number of carbonyl (C=O) groups is 1. The molecule has 0 aliphatic heterocycles. The van der Waals surface area contributed by atoms with Crippen molar-refractivity contribution in [3.63, 3.8) is 0 Å². The Labute approximate surface area is 135 Å². The molecule has 0 saturated carbocycles. The Balaban J connectivity index is 2.66. The molecule has 0 bridgehead atoms. The first kappa shape index (κ1) is 17.7. The summed E-state index contributed by atoms with van der Waals surface area (Å²) in [4.78, 5) is 12.3. The van der Waals surface area contributed by atoms with Gasteiger partial charge in [-0.25, -0.2) is 4.79 Å². The zero-order chi connectivity index (χ0) is 17.1. The van der Waals surface area contributed by atoms with Crippen molar-refractivity contribution in [3.8, 4) is 0 Å². The molecule has 0 N–H and O–H groups in total. The van der Waals surface area contributed by atoms with Crippen LogP contribution in [0.15, 0.2) is 36.7 Å². The molecule has 23 heavy (non-hydrogen) atoms. The summed E-state index contributed by atoms with van der Waals surface area (Å²) in [7, 11) is 7.29. The van der Waals surface area contributed by atoms with Gasteiger partial charge < -0.3 is 28.3 Å². The standard InChI is InChI=1S/C16H23NO6/c1-19-13(18)14(20-2)8-9-15(21-3,17-10-6-7-11-17)16(12-14,22-4)23-5/h6-11H,12H2,1-5H3. The van der Waals surface area contributed by atoms with Gasteiger partial charge in [0.15, 0.2) is 5.60 Å². The molecular formula is C16H23NO6. The molecule has 1 aromatic rings. The molecule has 0 spiro atoms. The highest BCUT2D eigenvalue weighted by molar-refractivity contribution is 5.82. The van der Waals surface area contributed by atoms with Crippen molar-refractivity contribution in [3.05, 3.63) is 36.7 Å². The van der Waals surface area contributed by atoms with Gasteiger partial charge in [0, 0.05) is 40.8 Å². The normalized spacial score (nSPS) is 29.4. The summed E-state index contributed by atoms with van der Waals surface area (Å²) < 4.78 is 29.4. The molecule has 0 fully saturated rings. The maximum Gasteiger partial charge on any atom is 0.342 e. The Hall–Kier alpha value is -1.67. The molecule has 0 amide bonds. The monoisotopic (exact) mass is 325 g/mol. The third-order valence-electron chi connectivity index (χ3n) is 4.47. The summed E-state index contributed by atoms with van der Waals surface area (Å²) in [6.45, 7) is 0. The van der Waals surface area contributed by atoms with Crippen molar-refractivity contribution >= 4 is 5.97 Å². The van der Waals surface area contributed by atoms with Crippen LogP contribution in [0, 0.1) is 0 Å². The van der Waals surface area contributed by atoms with Crippen LogP contribution < -0.4 is 0 Å². The SMILES string of the molecule is COC(=O)C1(OC)C=CC(OC)(n2cccc2)C(OC)(OC)C1. The number of carbonyl (C=O) groups excluding carboxylic acids is 1. The van der Waals surface area contributed by atoms with E-state index >= 15 is 0 Å². The average molecular weight is 325 g/mol. The van der Waals surface area contributed by atoms with Gasteiger partial charge in [0.2, 0.25) is 11.5 Å². The average Bonchev–Trinajstić information content (AvgIpc) is 3.15. The van der Waals surface area contributed by atoms with Gasteiger partial charge in [-0.1, -0.05) is 0 Å². The van der Waals surface area contributed by atoms with E-state index in [9.17, 15) is 4.79 Å². The lowest BCUT2D eigenvalue weighted by Crippen LogP contribution is -2.65. The van der Waals surface area contributed by atoms with Gasteiger partial charge in [-0.2, -0.15) is 0 Å². The molecule has 7 nitrogen and oxygen atoms in total. The minimum atomic E-state index is -1.32. The van der Waals surface area contributed by atoms with Gasteiger partial charge in [-0.05, 0) is 24.3 Å². The zero-order valence-electron chi connectivity index (χ0n) is 14.1. The molecule has 128 valence electrons. The van der Waals surface area contributed by atoms with Gasteiger partial charge in [0.1, 0.15) is 0 Å². The van der Waals surface area contributed by atoms with E-state index in [1.165, 1.54) is 28.4 Å². The lowest BCUT2D eigenvalue weighted by molar-refractivity contribution is -0.340. The van der Waals surface area contributed by atoms with E-state index in [1.54, 1.807) is 19.3 Å². The molecule has 1 aromatic heterocycles. The minimum Gasteiger partial charge on any atom is -0.467 e. The molecule has 0 aromatic carbocycles. The highest BCUT2D eigenvalue weighted by Crippen LogP contribution is 2.47. The number of hydrogen-bond acceptors (Lipinski definition) is 6. The molecule has 0 radical (unpaired) electrons. The first-order chi connectivity index (χ1) is 11.0. The second-order valence-corrected chi connectivity index (χ2v) is 5.25. The molecule has 2 atom stereocenters. The second kappa shape index (κ2) is 6.45. The number of esters is 1. The Bertz CT molecular complexity index is 565. The topological polar surface area (TPSA) is 68.2 Å². The molecule has 1 heterocycles. The number of ether oxygens (including phenoxy) is 5. The molecule has 7 heteroatoms. The van der Waals surface area contributed by atoms with Crippen LogP contribution in [0.25, 0.3) is 0 Å². The van der Waals surface area contributed by atoms with Gasteiger partial charge in [0.05, 0.1) is 13.5 Å². The molecule has 1 aliphatic rings. The lowest BCUT2D eigenvalue weighted by Gasteiger charge is -2.51. The first-order valence-electron chi connectivity index (χ1n) is 7.12. The van der Waals surface area contributed by atoms with Crippen LogP contribution in [0.5, 0.6) is 0 Å². The van der Waals surface area contributed by atoms with Crippen molar-refractivity contribution in [2.45, 2.75) is 23.5 Å². The Morgan fingerprint density at radius 3 is 1.96 bits per heavy atom. The number of nitrogens with zero attached hydrogens (tertiary/aromatic N) is 1. The second-order valence-electron chi connectivity index (χ2n) is 5.25. The summed E-state index contributed by atoms with van der Waals surface area (Å²) >= 11 is 0. The fourth-order valence-electron chi connectivity index (χ4n) is 3.13. The molecule has 2 unspecified atom stereocenters. The van der Waals surface area contributed by atoms with Crippen LogP contribution in [0.4, 0.5) is 0 Å². The maximum absolute atomic E-state index is 12.3. The predicted molar refractivity (Wildman–Crippen MR) is 81.7 cm³/mol. The number of hydrogen-bond donors (Lipinski definition) is 0. The van der Waals surface area contributed by atoms with E-state index in [2.05, 4.69) is 0 Å². The van der Waals surface area contributed by atoms with E-state index in [0.29, 0.717) is 0 Å². The molecule has 2 rings (SSSR count). The third kappa shape index (κ3) is 2.40. The predicted octanol–water partition coefficient (Wildman–Crippen LogP) is 1.29. The van der Waals surface area contributed by atoms with Crippen LogP contribution in [-0.4, -0.2) is 57.5 Å². The van der Waals surface area contributed by atoms with Crippen LogP contribution >= 0.6 is 0 Å². The van der Waals surface area contributed by atoms with Crippen molar-refractivity contribution in [2.75, 3.05) is 35.5 Å². The number of methoxy groups -OCH3 is 5. The van der Waals surface area contributed by atoms with Crippen LogP contribution in [0.1, 0.15) is 6.42 Å². The minimum absolute atomic E-state index is 0.0543. The summed E-state index contributed by atoms with van der Waals surface area (Å²) in [6.07, 6.45) is 7.04. The van der Waals surface area contributed by atoms with Gasteiger partial charge >= 0.3 is 5.97 Å². The molecule has 0 saturated heterocycles. The van der Waals surface area contributed by atoms with Crippen molar-refractivity contribution in [1.82, 2.24) is 4.57 Å². The molecular weight excluding hydrogens is 302 g/mol. The van der Waals surface area contributed by atoms with E-state index in [-0.39, 0.29) is 6.42 Å². The summed E-state index contributed by atoms with van der Waals surface area (Å²) in [5, 5.41) is 0. The summed E-state index contributed by atoms with van der Waals surface area (Å²) in [6, 6.07) is 3.73. The van der Waals surface area contributed by atoms with E-state index in [4.69, 9.17) is 23.7 Å². The highest BCUT2D eigenvalue weighted by atomic mass is 16.7. The smallest absolute Gasteiger partial charge is 0.342 e. The van der Waals surface area contributed by atoms with E-state index in [1.807, 2.05) is 29.1 Å². The first-order valence-corrected chi connectivity index (χ1v) is 7.12. The lowest BCUT2D eigenvalue weighted by atomic mass is 9.80. The van der Waals surface area contributed by atoms with E-state index < -0.39 is 23.1 Å². The van der Waals surface area contributed by atoms with Gasteiger partial charge in [-0.3, -0.25) is 0 Å². The Kier molecular flexibility index (Phi) is 4.95. The zero-order valence-corrected chi connectivity index (χ0v) is 14.1. The Morgan fingerprint density at radius 2 is 1.52 bits per heavy atom. The number of aromatic nitrogens is 1. The van der Waals surface area contributed by atoms with Gasteiger partial charge in [0.25, 0.3) is 0 Å². The van der Waals surface area contributed by atoms with E-state index in [0.717, 1.165) is 0 Å². The summed E-state index contributed by atoms with van der Waals surface area (Å²) in [5.74, 6) is -1.84. The van der Waals surface area contributed by atoms with Crippen molar-refractivity contribution in [2.24, 2.45) is 0 Å². The molecule has 1 aliphatic carbocycles. The fraction of sp³-hybridized carbons (Fsp3) is 0.562. The van der Waals surface area contributed by atoms with Crippen LogP contribution in [0.3, 0.4) is 0 Å². The summed E-state index contributed by atoms with van der Waals surface area (Å²) in [5.41, 5.74) is -2.42. The van der Waals surface area contributed by atoms with Crippen molar-refractivity contribution < 1.29 is 28.5 Å². The Morgan fingerprint density at radius 1 is 0.913 bits per heavy atom. The van der Waals surface area contributed by atoms with Gasteiger partial charge in [-0.15, -0.1) is 0 Å². The number of rotatable bonds is 6. The van der Waals surface area contributed by atoms with Crippen molar-refractivity contribution in [1.29, 1.82) is 0 Å². The quantitative estimate of drug-likeness (QED) is 0.446. The van der Waals surface area contributed by atoms with Crippen LogP contribution in [0.2, 0.25) is 0 Å². The maximum atomic E-state index is 12.3. The highest BCUT2D eigenvalue weighted by Gasteiger charge is 2.62. The fourth-order valence-corrected chi connectivity index (χ4v) is 3.13. The largest absolute Gasteiger partial charge is 0.467 e.